The van der Waals surface area contributed by atoms with Crippen molar-refractivity contribution in [3.63, 3.8) is 0 Å². The Morgan fingerprint density at radius 1 is 1.00 bits per heavy atom. The molecule has 0 radical (unpaired) electrons. The summed E-state index contributed by atoms with van der Waals surface area (Å²) in [7, 11) is 0. The quantitative estimate of drug-likeness (QED) is 0.630. The van der Waals surface area contributed by atoms with Crippen LogP contribution in [0.1, 0.15) is 18.1 Å². The second kappa shape index (κ2) is 5.22. The minimum atomic E-state index is 0.508. The molecular formula is C17H15ClN2. The maximum atomic E-state index is 6.29. The van der Waals surface area contributed by atoms with Gasteiger partial charge in [-0.25, -0.2) is 9.97 Å². The van der Waals surface area contributed by atoms with Crippen LogP contribution in [0.25, 0.3) is 22.3 Å². The third-order valence-corrected chi connectivity index (χ3v) is 3.79. The first-order valence-electron chi connectivity index (χ1n) is 6.71. The van der Waals surface area contributed by atoms with Crippen LogP contribution in [0.15, 0.2) is 42.5 Å². The normalized spacial score (nSPS) is 10.9. The average Bonchev–Trinajstić information content (AvgIpc) is 2.48. The maximum absolute atomic E-state index is 6.29. The second-order valence-corrected chi connectivity index (χ2v) is 5.22. The van der Waals surface area contributed by atoms with Gasteiger partial charge < -0.3 is 0 Å². The first kappa shape index (κ1) is 13.1. The van der Waals surface area contributed by atoms with Crippen molar-refractivity contribution in [2.45, 2.75) is 20.3 Å². The monoisotopic (exact) mass is 282 g/mol. The Balaban J connectivity index is 2.18. The highest BCUT2D eigenvalue weighted by molar-refractivity contribution is 6.34. The molecule has 0 aliphatic carbocycles. The van der Waals surface area contributed by atoms with Crippen LogP contribution < -0.4 is 0 Å². The Kier molecular flexibility index (Phi) is 3.41. The van der Waals surface area contributed by atoms with Gasteiger partial charge in [0.2, 0.25) is 0 Å². The molecule has 3 rings (SSSR count). The highest BCUT2D eigenvalue weighted by Gasteiger charge is 2.09. The van der Waals surface area contributed by atoms with E-state index >= 15 is 0 Å². The lowest BCUT2D eigenvalue weighted by Crippen LogP contribution is -1.94. The Hall–Kier alpha value is -1.93. The van der Waals surface area contributed by atoms with Crippen molar-refractivity contribution in [3.8, 4) is 11.4 Å². The van der Waals surface area contributed by atoms with Crippen LogP contribution in [0.5, 0.6) is 0 Å². The summed E-state index contributed by atoms with van der Waals surface area (Å²) in [6.45, 7) is 4.18. The predicted octanol–water partition coefficient (Wildman–Crippen LogP) is 4.82. The molecule has 0 spiro atoms. The number of hydrogen-bond acceptors (Lipinski definition) is 2. The summed E-state index contributed by atoms with van der Waals surface area (Å²) in [5.74, 6) is 0.680. The molecule has 0 unspecified atom stereocenters. The number of fused-ring (bicyclic) bond motifs is 1. The van der Waals surface area contributed by atoms with Gasteiger partial charge in [0.1, 0.15) is 5.15 Å². The van der Waals surface area contributed by atoms with Gasteiger partial charge in [0.05, 0.1) is 5.52 Å². The van der Waals surface area contributed by atoms with Crippen molar-refractivity contribution in [2.24, 2.45) is 0 Å². The van der Waals surface area contributed by atoms with Gasteiger partial charge in [0, 0.05) is 10.9 Å². The van der Waals surface area contributed by atoms with Gasteiger partial charge in [-0.1, -0.05) is 54.9 Å². The van der Waals surface area contributed by atoms with Crippen LogP contribution in [-0.2, 0) is 6.42 Å². The largest absolute Gasteiger partial charge is 0.228 e. The van der Waals surface area contributed by atoms with Crippen molar-refractivity contribution in [1.82, 2.24) is 9.97 Å². The third kappa shape index (κ3) is 2.27. The van der Waals surface area contributed by atoms with Crippen molar-refractivity contribution in [2.75, 3.05) is 0 Å². The van der Waals surface area contributed by atoms with Crippen LogP contribution in [0.3, 0.4) is 0 Å². The van der Waals surface area contributed by atoms with Gasteiger partial charge in [-0.05, 0) is 30.5 Å². The van der Waals surface area contributed by atoms with Gasteiger partial charge in [-0.3, -0.25) is 0 Å². The molecule has 100 valence electrons. The molecule has 3 heteroatoms. The average molecular weight is 283 g/mol. The Labute approximate surface area is 123 Å². The zero-order valence-corrected chi connectivity index (χ0v) is 12.3. The Bertz CT molecular complexity index is 764. The lowest BCUT2D eigenvalue weighted by molar-refractivity contribution is 1.14. The lowest BCUT2D eigenvalue weighted by Gasteiger charge is -2.07. The molecule has 0 saturated heterocycles. The highest BCUT2D eigenvalue weighted by Crippen LogP contribution is 2.26. The molecule has 2 nitrogen and oxygen atoms in total. The van der Waals surface area contributed by atoms with E-state index in [1.54, 1.807) is 0 Å². The first-order valence-corrected chi connectivity index (χ1v) is 7.09. The van der Waals surface area contributed by atoms with Crippen LogP contribution >= 0.6 is 11.6 Å². The van der Waals surface area contributed by atoms with E-state index in [1.807, 2.05) is 25.1 Å². The van der Waals surface area contributed by atoms with Gasteiger partial charge in [0.15, 0.2) is 5.82 Å². The molecule has 0 amide bonds. The number of aromatic nitrogens is 2. The van der Waals surface area contributed by atoms with E-state index in [2.05, 4.69) is 41.2 Å². The molecule has 0 N–H and O–H groups in total. The summed E-state index contributed by atoms with van der Waals surface area (Å²) in [5.41, 5.74) is 4.33. The summed E-state index contributed by atoms with van der Waals surface area (Å²) in [6, 6.07) is 14.3. The van der Waals surface area contributed by atoms with Crippen molar-refractivity contribution in [1.29, 1.82) is 0 Å². The summed E-state index contributed by atoms with van der Waals surface area (Å²) in [5, 5.41) is 1.41. The SMILES string of the molecule is CCc1ccc(-c2nc(Cl)c3cccc(C)c3n2)cc1. The van der Waals surface area contributed by atoms with Crippen molar-refractivity contribution >= 4 is 22.5 Å². The van der Waals surface area contributed by atoms with Crippen LogP contribution in [0.4, 0.5) is 0 Å². The van der Waals surface area contributed by atoms with Crippen LogP contribution in [0, 0.1) is 6.92 Å². The second-order valence-electron chi connectivity index (χ2n) is 4.86. The minimum absolute atomic E-state index is 0.508. The molecule has 3 aromatic rings. The summed E-state index contributed by atoms with van der Waals surface area (Å²) < 4.78 is 0. The molecular weight excluding hydrogens is 268 g/mol. The molecule has 0 saturated carbocycles. The molecule has 1 heterocycles. The number of aryl methyl sites for hydroxylation is 2. The van der Waals surface area contributed by atoms with E-state index in [9.17, 15) is 0 Å². The number of hydrogen-bond donors (Lipinski definition) is 0. The van der Waals surface area contributed by atoms with Crippen LogP contribution in [-0.4, -0.2) is 9.97 Å². The Morgan fingerprint density at radius 2 is 1.75 bits per heavy atom. The van der Waals surface area contributed by atoms with E-state index < -0.39 is 0 Å². The van der Waals surface area contributed by atoms with E-state index in [4.69, 9.17) is 11.6 Å². The standard InChI is InChI=1S/C17H15ClN2/c1-3-12-7-9-13(10-8-12)17-19-15-11(2)5-4-6-14(15)16(18)20-17/h4-10H,3H2,1-2H3. The topological polar surface area (TPSA) is 25.8 Å². The van der Waals surface area contributed by atoms with E-state index in [0.29, 0.717) is 11.0 Å². The summed E-state index contributed by atoms with van der Waals surface area (Å²) in [4.78, 5) is 9.09. The molecule has 0 aliphatic heterocycles. The zero-order valence-electron chi connectivity index (χ0n) is 11.5. The van der Waals surface area contributed by atoms with Gasteiger partial charge in [-0.15, -0.1) is 0 Å². The number of benzene rings is 2. The van der Waals surface area contributed by atoms with Crippen molar-refractivity contribution < 1.29 is 0 Å². The molecule has 0 atom stereocenters. The lowest BCUT2D eigenvalue weighted by atomic mass is 10.1. The van der Waals surface area contributed by atoms with Crippen LogP contribution in [0.2, 0.25) is 5.15 Å². The third-order valence-electron chi connectivity index (χ3n) is 3.50. The fraction of sp³-hybridized carbons (Fsp3) is 0.176. The predicted molar refractivity (Wildman–Crippen MR) is 84.1 cm³/mol. The van der Waals surface area contributed by atoms with Gasteiger partial charge in [-0.2, -0.15) is 0 Å². The Morgan fingerprint density at radius 3 is 2.45 bits per heavy atom. The van der Waals surface area contributed by atoms with Gasteiger partial charge in [0.25, 0.3) is 0 Å². The fourth-order valence-corrected chi connectivity index (χ4v) is 2.51. The van der Waals surface area contributed by atoms with E-state index in [-0.39, 0.29) is 0 Å². The molecule has 0 bridgehead atoms. The number of para-hydroxylation sites is 1. The molecule has 0 aliphatic rings. The molecule has 1 aromatic heterocycles. The summed E-state index contributed by atoms with van der Waals surface area (Å²) >= 11 is 6.29. The van der Waals surface area contributed by atoms with Crippen molar-refractivity contribution in [3.05, 3.63) is 58.7 Å². The smallest absolute Gasteiger partial charge is 0.161 e. The first-order chi connectivity index (χ1) is 9.69. The molecule has 20 heavy (non-hydrogen) atoms. The molecule has 2 aromatic carbocycles. The summed E-state index contributed by atoms with van der Waals surface area (Å²) in [6.07, 6.45) is 1.03. The van der Waals surface area contributed by atoms with Gasteiger partial charge >= 0.3 is 0 Å². The number of rotatable bonds is 2. The fourth-order valence-electron chi connectivity index (χ4n) is 2.28. The number of halogens is 1. The minimum Gasteiger partial charge on any atom is -0.228 e. The molecule has 0 fully saturated rings. The van der Waals surface area contributed by atoms with E-state index in [0.717, 1.165) is 28.5 Å². The zero-order chi connectivity index (χ0) is 14.1. The number of nitrogens with zero attached hydrogens (tertiary/aromatic N) is 2. The highest BCUT2D eigenvalue weighted by atomic mass is 35.5. The maximum Gasteiger partial charge on any atom is 0.161 e. The van der Waals surface area contributed by atoms with E-state index in [1.165, 1.54) is 5.56 Å².